The Hall–Kier alpha value is 0.250. The molecular formula is C9H19ClO. The van der Waals surface area contributed by atoms with Crippen LogP contribution in [0.25, 0.3) is 0 Å². The Morgan fingerprint density at radius 3 is 2.27 bits per heavy atom. The van der Waals surface area contributed by atoms with Crippen LogP contribution in [-0.2, 0) is 4.74 Å². The van der Waals surface area contributed by atoms with Crippen LogP contribution in [0.1, 0.15) is 27.7 Å². The van der Waals surface area contributed by atoms with Gasteiger partial charge in [0.25, 0.3) is 0 Å². The van der Waals surface area contributed by atoms with Crippen molar-refractivity contribution in [3.05, 3.63) is 0 Å². The molecule has 0 rings (SSSR count). The maximum absolute atomic E-state index is 5.73. The highest BCUT2D eigenvalue weighted by atomic mass is 35.5. The van der Waals surface area contributed by atoms with Gasteiger partial charge in [0.1, 0.15) is 0 Å². The Balaban J connectivity index is 3.38. The van der Waals surface area contributed by atoms with E-state index in [9.17, 15) is 0 Å². The van der Waals surface area contributed by atoms with Crippen molar-refractivity contribution >= 4 is 11.6 Å². The topological polar surface area (TPSA) is 9.23 Å². The zero-order chi connectivity index (χ0) is 8.91. The second-order valence-corrected chi connectivity index (χ2v) is 4.47. The average molecular weight is 179 g/mol. The first-order valence-corrected chi connectivity index (χ1v) is 4.65. The molecule has 0 aliphatic rings. The molecule has 1 nitrogen and oxygen atoms in total. The summed E-state index contributed by atoms with van der Waals surface area (Å²) in [5.74, 6) is 1.27. The minimum Gasteiger partial charge on any atom is -0.381 e. The molecule has 0 fully saturated rings. The van der Waals surface area contributed by atoms with Crippen molar-refractivity contribution in [1.29, 1.82) is 0 Å². The highest BCUT2D eigenvalue weighted by Crippen LogP contribution is 2.17. The normalized spacial score (nSPS) is 12.5. The molecule has 2 heteroatoms. The van der Waals surface area contributed by atoms with Gasteiger partial charge in [-0.1, -0.05) is 27.7 Å². The summed E-state index contributed by atoms with van der Waals surface area (Å²) in [6.45, 7) is 10.1. The first kappa shape index (κ1) is 11.2. The molecule has 0 aliphatic carbocycles. The molecule has 0 aromatic carbocycles. The predicted octanol–water partition coefficient (Wildman–Crippen LogP) is 2.92. The Kier molecular flexibility index (Phi) is 5.11. The quantitative estimate of drug-likeness (QED) is 0.589. The van der Waals surface area contributed by atoms with Gasteiger partial charge >= 0.3 is 0 Å². The van der Waals surface area contributed by atoms with E-state index in [1.54, 1.807) is 0 Å². The third kappa shape index (κ3) is 6.64. The lowest BCUT2D eigenvalue weighted by Gasteiger charge is -2.21. The fraction of sp³-hybridized carbons (Fsp3) is 1.00. The summed E-state index contributed by atoms with van der Waals surface area (Å²) in [5, 5.41) is 0. The number of halogens is 1. The molecule has 0 saturated heterocycles. The van der Waals surface area contributed by atoms with Crippen LogP contribution >= 0.6 is 11.6 Å². The molecular weight excluding hydrogens is 160 g/mol. The highest BCUT2D eigenvalue weighted by Gasteiger charge is 2.16. The zero-order valence-electron chi connectivity index (χ0n) is 7.98. The van der Waals surface area contributed by atoms with Gasteiger partial charge in [0.15, 0.2) is 0 Å². The monoisotopic (exact) mass is 178 g/mol. The van der Waals surface area contributed by atoms with E-state index in [1.807, 2.05) is 0 Å². The van der Waals surface area contributed by atoms with E-state index in [4.69, 9.17) is 16.3 Å². The van der Waals surface area contributed by atoms with Crippen LogP contribution in [0, 0.1) is 11.3 Å². The van der Waals surface area contributed by atoms with Gasteiger partial charge < -0.3 is 4.74 Å². The smallest absolute Gasteiger partial charge is 0.0528 e. The molecule has 0 N–H and O–H groups in total. The molecule has 68 valence electrons. The summed E-state index contributed by atoms with van der Waals surface area (Å²) in [6, 6.07) is 0. The van der Waals surface area contributed by atoms with Crippen LogP contribution in [0.15, 0.2) is 0 Å². The summed E-state index contributed by atoms with van der Waals surface area (Å²) < 4.78 is 5.47. The van der Waals surface area contributed by atoms with E-state index in [0.29, 0.717) is 11.8 Å². The minimum absolute atomic E-state index is 0.121. The van der Waals surface area contributed by atoms with Crippen LogP contribution < -0.4 is 0 Å². The van der Waals surface area contributed by atoms with Gasteiger partial charge in [-0.3, -0.25) is 0 Å². The summed E-state index contributed by atoms with van der Waals surface area (Å²) in [6.07, 6.45) is 0. The van der Waals surface area contributed by atoms with E-state index < -0.39 is 0 Å². The highest BCUT2D eigenvalue weighted by molar-refractivity contribution is 6.18. The van der Waals surface area contributed by atoms with E-state index >= 15 is 0 Å². The van der Waals surface area contributed by atoms with E-state index in [1.165, 1.54) is 0 Å². The number of alkyl halides is 1. The van der Waals surface area contributed by atoms with Crippen molar-refractivity contribution < 1.29 is 4.74 Å². The third-order valence-electron chi connectivity index (χ3n) is 1.31. The van der Waals surface area contributed by atoms with E-state index in [-0.39, 0.29) is 5.41 Å². The molecule has 0 spiro atoms. The van der Waals surface area contributed by atoms with E-state index in [0.717, 1.165) is 13.2 Å². The SMILES string of the molecule is CC(C)COCC(C)(C)CCl. The Bertz CT molecular complexity index is 99.7. The Morgan fingerprint density at radius 1 is 1.36 bits per heavy atom. The first-order valence-electron chi connectivity index (χ1n) is 4.11. The Morgan fingerprint density at radius 2 is 1.91 bits per heavy atom. The van der Waals surface area contributed by atoms with Crippen molar-refractivity contribution in [2.75, 3.05) is 19.1 Å². The first-order chi connectivity index (χ1) is 4.98. The second kappa shape index (κ2) is 5.00. The van der Waals surface area contributed by atoms with Crippen molar-refractivity contribution in [3.8, 4) is 0 Å². The second-order valence-electron chi connectivity index (χ2n) is 4.21. The fourth-order valence-corrected chi connectivity index (χ4v) is 0.687. The summed E-state index contributed by atoms with van der Waals surface area (Å²) >= 11 is 5.73. The van der Waals surface area contributed by atoms with Crippen molar-refractivity contribution in [1.82, 2.24) is 0 Å². The number of ether oxygens (including phenoxy) is 1. The lowest BCUT2D eigenvalue weighted by Crippen LogP contribution is -2.22. The summed E-state index contributed by atoms with van der Waals surface area (Å²) in [4.78, 5) is 0. The number of rotatable bonds is 5. The maximum Gasteiger partial charge on any atom is 0.0528 e. The zero-order valence-corrected chi connectivity index (χ0v) is 8.74. The Labute approximate surface area is 75.1 Å². The lowest BCUT2D eigenvalue weighted by atomic mass is 9.98. The van der Waals surface area contributed by atoms with Gasteiger partial charge in [0.2, 0.25) is 0 Å². The van der Waals surface area contributed by atoms with Crippen LogP contribution in [0.4, 0.5) is 0 Å². The van der Waals surface area contributed by atoms with Crippen molar-refractivity contribution in [2.45, 2.75) is 27.7 Å². The molecule has 0 atom stereocenters. The average Bonchev–Trinajstić information content (AvgIpc) is 1.87. The lowest BCUT2D eigenvalue weighted by molar-refractivity contribution is 0.0560. The molecule has 0 aromatic heterocycles. The maximum atomic E-state index is 5.73. The largest absolute Gasteiger partial charge is 0.381 e. The third-order valence-corrected chi connectivity index (χ3v) is 2.03. The van der Waals surface area contributed by atoms with Crippen LogP contribution in [0.2, 0.25) is 0 Å². The van der Waals surface area contributed by atoms with Crippen molar-refractivity contribution in [2.24, 2.45) is 11.3 Å². The van der Waals surface area contributed by atoms with Crippen LogP contribution in [0.5, 0.6) is 0 Å². The fourth-order valence-electron chi connectivity index (χ4n) is 0.609. The van der Waals surface area contributed by atoms with Gasteiger partial charge in [0, 0.05) is 17.9 Å². The molecule has 0 aromatic rings. The molecule has 0 heterocycles. The molecule has 0 bridgehead atoms. The predicted molar refractivity (Wildman–Crippen MR) is 50.2 cm³/mol. The van der Waals surface area contributed by atoms with E-state index in [2.05, 4.69) is 27.7 Å². The van der Waals surface area contributed by atoms with Gasteiger partial charge in [-0.05, 0) is 5.92 Å². The van der Waals surface area contributed by atoms with Gasteiger partial charge in [-0.15, -0.1) is 11.6 Å². The van der Waals surface area contributed by atoms with Crippen LogP contribution in [0.3, 0.4) is 0 Å². The number of hydrogen-bond acceptors (Lipinski definition) is 1. The molecule has 0 radical (unpaired) electrons. The van der Waals surface area contributed by atoms with Crippen molar-refractivity contribution in [3.63, 3.8) is 0 Å². The van der Waals surface area contributed by atoms with Crippen LogP contribution in [-0.4, -0.2) is 19.1 Å². The van der Waals surface area contributed by atoms with Gasteiger partial charge in [-0.2, -0.15) is 0 Å². The minimum atomic E-state index is 0.121. The van der Waals surface area contributed by atoms with Gasteiger partial charge in [-0.25, -0.2) is 0 Å². The molecule has 11 heavy (non-hydrogen) atoms. The molecule has 0 aliphatic heterocycles. The summed E-state index contributed by atoms with van der Waals surface area (Å²) in [7, 11) is 0. The molecule has 0 amide bonds. The van der Waals surface area contributed by atoms with Gasteiger partial charge in [0.05, 0.1) is 6.61 Å². The molecule has 0 unspecified atom stereocenters. The molecule has 0 saturated carbocycles. The number of hydrogen-bond donors (Lipinski definition) is 0. The standard InChI is InChI=1S/C9H19ClO/c1-8(2)5-11-7-9(3,4)6-10/h8H,5-7H2,1-4H3. The summed E-state index contributed by atoms with van der Waals surface area (Å²) in [5.41, 5.74) is 0.121.